The average Bonchev–Trinajstić information content (AvgIpc) is 3.07. The first-order chi connectivity index (χ1) is 11.6. The van der Waals surface area contributed by atoms with Gasteiger partial charge in [-0.2, -0.15) is 0 Å². The maximum absolute atomic E-state index is 12.8. The van der Waals surface area contributed by atoms with Crippen LogP contribution in [0.15, 0.2) is 33.5 Å². The minimum absolute atomic E-state index is 0.000985. The van der Waals surface area contributed by atoms with E-state index >= 15 is 0 Å². The first kappa shape index (κ1) is 13.6. The number of benzene rings is 2. The SMILES string of the molecule is O=c1c2c(O)cccc2oc2cc3c(c(O)c12)[C@H]1[C@H](OC[C@H]1O)O3. The molecule has 0 aliphatic carbocycles. The number of fused-ring (bicyclic) bond motifs is 5. The molecule has 0 unspecified atom stereocenters. The van der Waals surface area contributed by atoms with Crippen LogP contribution in [0, 0.1) is 0 Å². The molecule has 0 bridgehead atoms. The Morgan fingerprint density at radius 1 is 1.12 bits per heavy atom. The van der Waals surface area contributed by atoms with Crippen molar-refractivity contribution in [3.63, 3.8) is 0 Å². The number of aromatic hydroxyl groups is 2. The molecule has 0 radical (unpaired) electrons. The van der Waals surface area contributed by atoms with Crippen LogP contribution < -0.4 is 10.2 Å². The maximum atomic E-state index is 12.8. The molecule has 1 aromatic heterocycles. The van der Waals surface area contributed by atoms with Crippen molar-refractivity contribution in [2.75, 3.05) is 6.61 Å². The number of ether oxygens (including phenoxy) is 2. The van der Waals surface area contributed by atoms with Crippen LogP contribution in [-0.2, 0) is 4.74 Å². The lowest BCUT2D eigenvalue weighted by molar-refractivity contribution is -0.0347. The highest BCUT2D eigenvalue weighted by molar-refractivity contribution is 5.97. The summed E-state index contributed by atoms with van der Waals surface area (Å²) < 4.78 is 16.6. The number of hydrogen-bond donors (Lipinski definition) is 3. The van der Waals surface area contributed by atoms with Crippen LogP contribution in [0.25, 0.3) is 21.9 Å². The Labute approximate surface area is 134 Å². The van der Waals surface area contributed by atoms with Crippen LogP contribution in [-0.4, -0.2) is 34.3 Å². The molecule has 2 aromatic carbocycles. The van der Waals surface area contributed by atoms with Crippen molar-refractivity contribution in [3.05, 3.63) is 40.1 Å². The summed E-state index contributed by atoms with van der Waals surface area (Å²) in [5, 5.41) is 30.7. The third-order valence-corrected chi connectivity index (χ3v) is 4.66. The fraction of sp³-hybridized carbons (Fsp3) is 0.235. The van der Waals surface area contributed by atoms with Gasteiger partial charge in [-0.25, -0.2) is 0 Å². The van der Waals surface area contributed by atoms with Crippen LogP contribution in [0.3, 0.4) is 0 Å². The molecule has 2 aliphatic heterocycles. The molecule has 0 saturated carbocycles. The largest absolute Gasteiger partial charge is 0.507 e. The van der Waals surface area contributed by atoms with Crippen molar-refractivity contribution in [1.29, 1.82) is 0 Å². The van der Waals surface area contributed by atoms with Crippen molar-refractivity contribution in [3.8, 4) is 17.2 Å². The number of phenolic OH excluding ortho intramolecular Hbond substituents is 2. The van der Waals surface area contributed by atoms with Gasteiger partial charge in [0.15, 0.2) is 0 Å². The number of phenols is 2. The van der Waals surface area contributed by atoms with Crippen molar-refractivity contribution in [2.24, 2.45) is 0 Å². The maximum Gasteiger partial charge on any atom is 0.209 e. The van der Waals surface area contributed by atoms with Crippen LogP contribution in [0.2, 0.25) is 0 Å². The monoisotopic (exact) mass is 328 g/mol. The van der Waals surface area contributed by atoms with Gasteiger partial charge in [0.1, 0.15) is 39.2 Å². The summed E-state index contributed by atoms with van der Waals surface area (Å²) >= 11 is 0. The molecule has 3 aromatic rings. The Kier molecular flexibility index (Phi) is 2.50. The molecular formula is C17H12O7. The summed E-state index contributed by atoms with van der Waals surface area (Å²) in [4.78, 5) is 12.8. The van der Waals surface area contributed by atoms with E-state index in [1.165, 1.54) is 12.1 Å². The van der Waals surface area contributed by atoms with Gasteiger partial charge in [-0.1, -0.05) is 6.07 Å². The van der Waals surface area contributed by atoms with Gasteiger partial charge in [0.05, 0.1) is 18.6 Å². The lowest BCUT2D eigenvalue weighted by Gasteiger charge is -2.12. The summed E-state index contributed by atoms with van der Waals surface area (Å²) in [6, 6.07) is 6.00. The second-order valence-corrected chi connectivity index (χ2v) is 6.00. The van der Waals surface area contributed by atoms with E-state index in [9.17, 15) is 20.1 Å². The second kappa shape index (κ2) is 4.40. The lowest BCUT2D eigenvalue weighted by atomic mass is 9.93. The topological polar surface area (TPSA) is 109 Å². The van der Waals surface area contributed by atoms with Crippen molar-refractivity contribution >= 4 is 21.9 Å². The number of aliphatic hydroxyl groups is 1. The molecule has 1 fully saturated rings. The predicted octanol–water partition coefficient (Wildman–Crippen LogP) is 1.55. The van der Waals surface area contributed by atoms with E-state index in [0.29, 0.717) is 11.3 Å². The number of hydrogen-bond acceptors (Lipinski definition) is 7. The van der Waals surface area contributed by atoms with Gasteiger partial charge < -0.3 is 29.2 Å². The molecule has 0 amide bonds. The molecule has 2 aliphatic rings. The van der Waals surface area contributed by atoms with Gasteiger partial charge in [0, 0.05) is 11.6 Å². The Hall–Kier alpha value is -2.77. The van der Waals surface area contributed by atoms with Gasteiger partial charge in [-0.15, -0.1) is 0 Å². The molecule has 1 saturated heterocycles. The lowest BCUT2D eigenvalue weighted by Crippen LogP contribution is -2.19. The molecule has 3 N–H and O–H groups in total. The third-order valence-electron chi connectivity index (χ3n) is 4.66. The van der Waals surface area contributed by atoms with Crippen molar-refractivity contribution in [1.82, 2.24) is 0 Å². The highest BCUT2D eigenvalue weighted by Gasteiger charge is 2.47. The van der Waals surface area contributed by atoms with E-state index in [4.69, 9.17) is 13.9 Å². The Balaban J connectivity index is 1.91. The third kappa shape index (κ3) is 1.55. The highest BCUT2D eigenvalue weighted by Crippen LogP contribution is 2.50. The van der Waals surface area contributed by atoms with Gasteiger partial charge in [0.25, 0.3) is 0 Å². The van der Waals surface area contributed by atoms with Gasteiger partial charge in [-0.05, 0) is 12.1 Å². The number of rotatable bonds is 0. The minimum Gasteiger partial charge on any atom is -0.507 e. The standard InChI is InChI=1S/C17H12O7/c18-6-2-1-3-8-11(6)15(20)14-10(23-8)4-9-13(16(14)21)12-7(19)5-22-17(12)24-9/h1-4,7,12,17-19,21H,5H2/t7-,12+,17-/m1/s1. The molecule has 7 nitrogen and oxygen atoms in total. The molecule has 3 atom stereocenters. The van der Waals surface area contributed by atoms with Gasteiger partial charge >= 0.3 is 0 Å². The summed E-state index contributed by atoms with van der Waals surface area (Å²) in [5.74, 6) is -0.778. The summed E-state index contributed by atoms with van der Waals surface area (Å²) in [5.41, 5.74) is 0.145. The normalized spacial score (nSPS) is 25.0. The molecular weight excluding hydrogens is 316 g/mol. The minimum atomic E-state index is -0.833. The van der Waals surface area contributed by atoms with Crippen LogP contribution in [0.1, 0.15) is 11.5 Å². The fourth-order valence-corrected chi connectivity index (χ4v) is 3.58. The van der Waals surface area contributed by atoms with Crippen LogP contribution >= 0.6 is 0 Å². The van der Waals surface area contributed by atoms with E-state index in [-0.39, 0.29) is 40.0 Å². The molecule has 0 spiro atoms. The van der Waals surface area contributed by atoms with E-state index in [1.807, 2.05) is 0 Å². The van der Waals surface area contributed by atoms with Crippen molar-refractivity contribution < 1.29 is 29.2 Å². The first-order valence-corrected chi connectivity index (χ1v) is 7.47. The van der Waals surface area contributed by atoms with Crippen LogP contribution in [0.5, 0.6) is 17.2 Å². The second-order valence-electron chi connectivity index (χ2n) is 6.00. The first-order valence-electron chi connectivity index (χ1n) is 7.47. The molecule has 7 heteroatoms. The molecule has 122 valence electrons. The quantitative estimate of drug-likeness (QED) is 0.537. The van der Waals surface area contributed by atoms with Gasteiger partial charge in [-0.3, -0.25) is 4.79 Å². The molecule has 5 rings (SSSR count). The summed E-state index contributed by atoms with van der Waals surface area (Å²) in [6.07, 6.45) is -1.53. The van der Waals surface area contributed by atoms with E-state index < -0.39 is 23.7 Å². The fourth-order valence-electron chi connectivity index (χ4n) is 3.58. The van der Waals surface area contributed by atoms with E-state index in [0.717, 1.165) is 0 Å². The zero-order valence-corrected chi connectivity index (χ0v) is 12.2. The van der Waals surface area contributed by atoms with Crippen molar-refractivity contribution in [2.45, 2.75) is 18.3 Å². The van der Waals surface area contributed by atoms with Crippen LogP contribution in [0.4, 0.5) is 0 Å². The smallest absolute Gasteiger partial charge is 0.209 e. The Bertz CT molecular complexity index is 1070. The summed E-state index contributed by atoms with van der Waals surface area (Å²) in [6.45, 7) is 0.0966. The highest BCUT2D eigenvalue weighted by atomic mass is 16.7. The molecule has 3 heterocycles. The summed E-state index contributed by atoms with van der Waals surface area (Å²) in [7, 11) is 0. The molecule has 24 heavy (non-hydrogen) atoms. The van der Waals surface area contributed by atoms with E-state index in [2.05, 4.69) is 0 Å². The Morgan fingerprint density at radius 3 is 2.79 bits per heavy atom. The zero-order chi connectivity index (χ0) is 16.6. The average molecular weight is 328 g/mol. The van der Waals surface area contributed by atoms with Gasteiger partial charge in [0.2, 0.25) is 11.7 Å². The predicted molar refractivity (Wildman–Crippen MR) is 82.4 cm³/mol. The Morgan fingerprint density at radius 2 is 1.96 bits per heavy atom. The number of aliphatic hydroxyl groups excluding tert-OH is 1. The van der Waals surface area contributed by atoms with E-state index in [1.54, 1.807) is 12.1 Å². The zero-order valence-electron chi connectivity index (χ0n) is 12.2.